The average molecular weight is 1850 g/mol. The summed E-state index contributed by atoms with van der Waals surface area (Å²) in [4.78, 5) is 47.2. The number of unbranched alkanes of at least 4 members (excludes halogenated alkanes) is 14. The number of rotatable bonds is 40. The molecule has 670 valence electrons. The number of benzene rings is 7. The van der Waals surface area contributed by atoms with E-state index in [-0.39, 0.29) is 46.4 Å². The molecule has 13 aromatic rings. The van der Waals surface area contributed by atoms with Crippen molar-refractivity contribution < 1.29 is 18.4 Å². The zero-order chi connectivity index (χ0) is 91.9. The van der Waals surface area contributed by atoms with Crippen molar-refractivity contribution in [3.8, 4) is 52.5 Å². The van der Waals surface area contributed by atoms with Crippen molar-refractivity contribution in [1.82, 2.24) is 0 Å². The number of carbonyl (C=O) groups excluding carboxylic acids is 2. The number of ketones is 2. The molecule has 17 rings (SSSR count). The third-order valence-corrected chi connectivity index (χ3v) is 35.6. The molecule has 0 amide bonds. The van der Waals surface area contributed by atoms with Gasteiger partial charge in [0.15, 0.2) is 11.6 Å². The highest BCUT2D eigenvalue weighted by atomic mass is 32.1. The summed E-state index contributed by atoms with van der Waals surface area (Å²) in [6, 6.07) is 65.0. The molecule has 0 spiro atoms. The van der Waals surface area contributed by atoms with Gasteiger partial charge in [-0.1, -0.05) is 329 Å². The van der Waals surface area contributed by atoms with E-state index in [0.29, 0.717) is 57.4 Å². The Labute approximate surface area is 804 Å². The molecule has 6 aromatic heterocycles. The molecule has 0 aliphatic heterocycles. The molecule has 0 saturated carbocycles. The molecule has 0 radical (unpaired) electrons. The summed E-state index contributed by atoms with van der Waals surface area (Å²) >= 11 is 10.0. The molecule has 0 bridgehead atoms. The summed E-state index contributed by atoms with van der Waals surface area (Å²) < 4.78 is 39.8. The predicted molar refractivity (Wildman–Crippen MR) is 555 cm³/mol. The molecule has 4 aliphatic carbocycles. The van der Waals surface area contributed by atoms with Crippen LogP contribution in [0.5, 0.6) is 0 Å². The van der Waals surface area contributed by atoms with Gasteiger partial charge in [-0.15, -0.1) is 68.0 Å². The smallest absolute Gasteiger partial charge is 0.270 e. The zero-order valence-electron chi connectivity index (χ0n) is 77.5. The minimum atomic E-state index is -1.14. The highest BCUT2D eigenvalue weighted by Crippen LogP contribution is 2.71. The van der Waals surface area contributed by atoms with Crippen molar-refractivity contribution in [2.75, 3.05) is 0 Å². The Kier molecular flexibility index (Phi) is 29.3. The number of hydrogen-bond acceptors (Lipinski definition) is 10. The van der Waals surface area contributed by atoms with Crippen LogP contribution in [0.1, 0.15) is 328 Å². The van der Waals surface area contributed by atoms with Gasteiger partial charge in [-0.3, -0.25) is 9.59 Å². The van der Waals surface area contributed by atoms with Gasteiger partial charge in [-0.25, -0.2) is 29.0 Å². The Hall–Kier alpha value is -10.6. The Balaban J connectivity index is 1.09. The monoisotopic (exact) mass is 1850 g/mol. The fraction of sp³-hybridized carbons (Fsp3) is 0.356. The predicted octanol–water partition coefficient (Wildman–Crippen LogP) is 35.6. The topological polar surface area (TPSA) is 90.4 Å². The number of Topliss-reactive ketones (excluding diaryl/α,β-unsaturated/α-hetero) is 2. The van der Waals surface area contributed by atoms with Gasteiger partial charge in [0, 0.05) is 94.0 Å². The summed E-state index contributed by atoms with van der Waals surface area (Å²) in [5, 5.41) is 23.8. The normalized spacial score (nSPS) is 15.6. The van der Waals surface area contributed by atoms with Gasteiger partial charge in [-0.2, -0.15) is 0 Å². The molecule has 0 N–H and O–H groups in total. The number of nitrogens with zero attached hydrogens (tertiary/aromatic N) is 4. The molecular weight excluding hydrogens is 1740 g/mol. The van der Waals surface area contributed by atoms with Crippen LogP contribution < -0.4 is 0 Å². The van der Waals surface area contributed by atoms with Crippen LogP contribution in [0.15, 0.2) is 192 Å². The summed E-state index contributed by atoms with van der Waals surface area (Å²) in [6.45, 7) is 35.0. The van der Waals surface area contributed by atoms with E-state index < -0.39 is 10.8 Å². The number of carbonyl (C=O) groups is 2. The van der Waals surface area contributed by atoms with E-state index in [1.807, 2.05) is 60.7 Å². The fourth-order valence-corrected chi connectivity index (χ4v) is 29.7. The molecule has 7 aromatic carbocycles. The number of hydrogen-bond donors (Lipinski definition) is 0. The number of nitriles is 2. The van der Waals surface area contributed by atoms with E-state index in [4.69, 9.17) is 13.1 Å². The summed E-state index contributed by atoms with van der Waals surface area (Å²) in [5.74, 6) is -0.442. The molecular formula is C118H116F2N4O2S6. The lowest BCUT2D eigenvalue weighted by Crippen LogP contribution is -2.29. The lowest BCUT2D eigenvalue weighted by Gasteiger charge is -2.35. The number of fused-ring (bicyclic) bond motifs is 12. The van der Waals surface area contributed by atoms with Crippen LogP contribution in [0, 0.1) is 59.3 Å². The number of aryl methyl sites for hydroxylation is 4. The van der Waals surface area contributed by atoms with Gasteiger partial charge in [-0.05, 0) is 190 Å². The summed E-state index contributed by atoms with van der Waals surface area (Å²) in [7, 11) is 0. The molecule has 14 heteroatoms. The van der Waals surface area contributed by atoms with Crippen molar-refractivity contribution in [2.45, 2.75) is 259 Å². The molecule has 0 fully saturated rings. The van der Waals surface area contributed by atoms with Crippen LogP contribution in [0.25, 0.3) is 93.6 Å². The summed E-state index contributed by atoms with van der Waals surface area (Å²) in [6.07, 6.45) is 33.7. The van der Waals surface area contributed by atoms with E-state index in [1.165, 1.54) is 22.3 Å². The van der Waals surface area contributed by atoms with Crippen molar-refractivity contribution in [3.05, 3.63) is 335 Å². The average Bonchev–Trinajstić information content (AvgIpc) is 1.48. The molecule has 0 saturated heterocycles. The van der Waals surface area contributed by atoms with Gasteiger partial charge in [0.25, 0.3) is 11.4 Å². The minimum Gasteiger partial charge on any atom is -0.289 e. The molecule has 6 nitrogen and oxygen atoms in total. The molecule has 132 heavy (non-hydrogen) atoms. The second-order valence-electron chi connectivity index (χ2n) is 36.9. The number of thiophene rings is 6. The first-order valence-corrected chi connectivity index (χ1v) is 53.6. The van der Waals surface area contributed by atoms with Gasteiger partial charge < -0.3 is 0 Å². The van der Waals surface area contributed by atoms with Crippen LogP contribution >= 0.6 is 68.0 Å². The largest absolute Gasteiger partial charge is 0.289 e. The Morgan fingerprint density at radius 3 is 1.04 bits per heavy atom. The van der Waals surface area contributed by atoms with Crippen LogP contribution in [-0.4, -0.2) is 11.6 Å². The second-order valence-corrected chi connectivity index (χ2v) is 43.3. The maximum Gasteiger partial charge on any atom is 0.270 e. The number of allylic oxidation sites excluding steroid dienone is 6. The lowest BCUT2D eigenvalue weighted by molar-refractivity contribution is 0.103. The van der Waals surface area contributed by atoms with E-state index in [2.05, 4.69) is 186 Å². The van der Waals surface area contributed by atoms with Gasteiger partial charge >= 0.3 is 0 Å². The van der Waals surface area contributed by atoms with E-state index >= 15 is 18.4 Å². The fourth-order valence-electron chi connectivity index (χ4n) is 21.6. The third-order valence-electron chi connectivity index (χ3n) is 28.4. The van der Waals surface area contributed by atoms with Crippen LogP contribution in [-0.2, 0) is 49.4 Å². The van der Waals surface area contributed by atoms with Crippen LogP contribution in [0.3, 0.4) is 0 Å². The van der Waals surface area contributed by atoms with Gasteiger partial charge in [0.05, 0.1) is 55.6 Å². The third kappa shape index (κ3) is 17.3. The van der Waals surface area contributed by atoms with E-state index in [0.717, 1.165) is 304 Å². The standard InChI is InChI=1S/C118H116F2N4O2S6/c1-11-19-25-29-43-75-47-37-51-79(59-75)117(80-52-38-48-76(60-80)44-30-26-20-12-2)91-67-83(65-89-101(95(71-121)123-9)85-55-33-35-57-87(85)109(89)125)127-111(91)115-107(117)105-103(99-69-93(119)97(129-99)63-73(17-7)41-23-15-5)114-106(104(113(105)131-115)100-70-94(120)98(130-100)64-74(18-8)42-24-16-6)108-116(132-114)112-92(68-84(128-112)66-90-102(96(72-122)124-10)86-56-34-36-58-88(86)110(90)126)118(108,81-53-39-49-77(61-81)45-31-27-21-13-3)82-54-40-50-78(62-82)46-32-28-22-14-4/h33-40,47-62,65-70,73-74H,11-32,41-46,63-64H2,1-8H3/b89-65-,90-66-,101-95-,102-96+. The first kappa shape index (κ1) is 93.2. The van der Waals surface area contributed by atoms with E-state index in [1.54, 1.807) is 80.2 Å². The van der Waals surface area contributed by atoms with Crippen LogP contribution in [0.2, 0.25) is 0 Å². The van der Waals surface area contributed by atoms with Crippen molar-refractivity contribution in [2.24, 2.45) is 11.8 Å². The highest BCUT2D eigenvalue weighted by molar-refractivity contribution is 7.30. The maximum absolute atomic E-state index is 18.9. The highest BCUT2D eigenvalue weighted by Gasteiger charge is 2.55. The van der Waals surface area contributed by atoms with Gasteiger partial charge in [0.2, 0.25) is 0 Å². The molecule has 4 aliphatic rings. The Morgan fingerprint density at radius 1 is 0.394 bits per heavy atom. The molecule has 6 heterocycles. The van der Waals surface area contributed by atoms with Gasteiger partial charge in [0.1, 0.15) is 11.6 Å². The Bertz CT molecular complexity index is 6350. The SMILES string of the molecule is [C-]#[N+]/C(C#N)=C1\C(=C\c2cc3c(s2)-c2sc4c(-c5cc(F)c(CC(CC)CCCC)s5)c5c6c(sc5c(-c5cc(F)c(CC(CC)CCCC)s5)c4c2C3(c2cccc(CCCCCC)c2)c2cccc(CCCCCC)c2)-c2sc(/C=C3\C(=O)c4ccccc4\C3=C(\C#N)[N+]#[C-])cc2C6(c2cccc(CCCCCC)c2)c2cccc(CCCCCC)c2)C(=O)c2ccccc21. The first-order valence-electron chi connectivity index (χ1n) is 48.7. The first-order chi connectivity index (χ1) is 64.6. The second kappa shape index (κ2) is 41.5. The van der Waals surface area contributed by atoms with Crippen molar-refractivity contribution >= 4 is 123 Å². The van der Waals surface area contributed by atoms with Crippen LogP contribution in [0.4, 0.5) is 8.78 Å². The lowest BCUT2D eigenvalue weighted by atomic mass is 9.65. The summed E-state index contributed by atoms with van der Waals surface area (Å²) in [5.41, 5.74) is 16.1. The number of halogens is 2. The van der Waals surface area contributed by atoms with E-state index in [9.17, 15) is 10.5 Å². The molecule has 2 atom stereocenters. The zero-order valence-corrected chi connectivity index (χ0v) is 82.4. The quantitative estimate of drug-likeness (QED) is 0.0166. The maximum atomic E-state index is 18.9. The Morgan fingerprint density at radius 2 is 0.727 bits per heavy atom. The van der Waals surface area contributed by atoms with Crippen molar-refractivity contribution in [3.63, 3.8) is 0 Å². The minimum absolute atomic E-state index is 0.144. The molecule has 2 unspecified atom stereocenters. The van der Waals surface area contributed by atoms with Crippen molar-refractivity contribution in [1.29, 1.82) is 10.5 Å².